The van der Waals surface area contributed by atoms with E-state index >= 15 is 0 Å². The predicted octanol–water partition coefficient (Wildman–Crippen LogP) is 4.48. The largest absolute Gasteiger partial charge is 0.416 e. The molecule has 36 heavy (non-hydrogen) atoms. The second-order valence-electron chi connectivity index (χ2n) is 9.29. The number of nitrogens with zero attached hydrogens (tertiary/aromatic N) is 3. The van der Waals surface area contributed by atoms with Crippen molar-refractivity contribution in [2.45, 2.75) is 31.6 Å². The lowest BCUT2D eigenvalue weighted by atomic mass is 10.0. The molecule has 9 heteroatoms. The highest BCUT2D eigenvalue weighted by molar-refractivity contribution is 6.07. The maximum atomic E-state index is 13.2. The summed E-state index contributed by atoms with van der Waals surface area (Å²) in [4.78, 5) is 22.7. The van der Waals surface area contributed by atoms with Crippen LogP contribution in [-0.4, -0.2) is 61.2 Å². The molecule has 0 spiro atoms. The zero-order chi connectivity index (χ0) is 25.1. The molecule has 1 amide bonds. The Morgan fingerprint density at radius 2 is 1.75 bits per heavy atom. The van der Waals surface area contributed by atoms with Crippen molar-refractivity contribution in [2.75, 3.05) is 44.3 Å². The Morgan fingerprint density at radius 3 is 2.50 bits per heavy atom. The number of hydrogen-bond acceptors (Lipinski definition) is 5. The van der Waals surface area contributed by atoms with Crippen molar-refractivity contribution in [2.24, 2.45) is 0 Å². The number of fused-ring (bicyclic) bond motifs is 1. The van der Waals surface area contributed by atoms with Gasteiger partial charge >= 0.3 is 6.18 Å². The first-order valence-corrected chi connectivity index (χ1v) is 12.3. The molecule has 1 N–H and O–H groups in total. The SMILES string of the molecule is O=C(NCc1cccc(C(F)(F)F)c1)c1cc(N2CCC(N3CCOCC3)CC2)nc2ccccc12. The van der Waals surface area contributed by atoms with Gasteiger partial charge in [0.15, 0.2) is 0 Å². The predicted molar refractivity (Wildman–Crippen MR) is 132 cm³/mol. The van der Waals surface area contributed by atoms with Crippen LogP contribution in [-0.2, 0) is 17.5 Å². The number of amides is 1. The standard InChI is InChI=1S/C27H29F3N4O2/c28-27(29,30)20-5-3-4-19(16-20)18-31-26(35)23-17-25(32-24-7-2-1-6-22(23)24)34-10-8-21(9-11-34)33-12-14-36-15-13-33/h1-7,16-17,21H,8-15,18H2,(H,31,35). The first kappa shape index (κ1) is 24.5. The molecule has 2 aromatic carbocycles. The number of rotatable bonds is 5. The molecule has 1 aromatic heterocycles. The Bertz CT molecular complexity index is 1220. The van der Waals surface area contributed by atoms with Crippen LogP contribution in [0.2, 0.25) is 0 Å². The second-order valence-corrected chi connectivity index (χ2v) is 9.29. The van der Waals surface area contributed by atoms with Gasteiger partial charge in [-0.2, -0.15) is 13.2 Å². The minimum absolute atomic E-state index is 0.000318. The topological polar surface area (TPSA) is 57.7 Å². The fraction of sp³-hybridized carbons (Fsp3) is 0.407. The molecule has 5 rings (SSSR count). The zero-order valence-corrected chi connectivity index (χ0v) is 19.9. The van der Waals surface area contributed by atoms with Crippen LogP contribution in [0.25, 0.3) is 10.9 Å². The van der Waals surface area contributed by atoms with Gasteiger partial charge in [-0.25, -0.2) is 4.98 Å². The number of benzene rings is 2. The number of piperidine rings is 1. The van der Waals surface area contributed by atoms with E-state index in [1.165, 1.54) is 6.07 Å². The minimum atomic E-state index is -4.43. The van der Waals surface area contributed by atoms with Crippen LogP contribution < -0.4 is 10.2 Å². The van der Waals surface area contributed by atoms with Crippen molar-refractivity contribution in [1.29, 1.82) is 0 Å². The average molecular weight is 499 g/mol. The Hall–Kier alpha value is -3.17. The first-order chi connectivity index (χ1) is 17.4. The average Bonchev–Trinajstić information content (AvgIpc) is 2.91. The van der Waals surface area contributed by atoms with Crippen LogP contribution in [0.5, 0.6) is 0 Å². The number of carbonyl (C=O) groups excluding carboxylic acids is 1. The number of morpholine rings is 1. The molecule has 2 saturated heterocycles. The molecule has 0 atom stereocenters. The Morgan fingerprint density at radius 1 is 1.00 bits per heavy atom. The van der Waals surface area contributed by atoms with Crippen molar-refractivity contribution in [3.05, 3.63) is 71.3 Å². The van der Waals surface area contributed by atoms with Crippen LogP contribution in [0.1, 0.15) is 34.3 Å². The number of pyridine rings is 1. The van der Waals surface area contributed by atoms with Crippen molar-refractivity contribution in [3.8, 4) is 0 Å². The van der Waals surface area contributed by atoms with Crippen molar-refractivity contribution >= 4 is 22.6 Å². The normalized spacial score (nSPS) is 17.9. The summed E-state index contributed by atoms with van der Waals surface area (Å²) in [6, 6.07) is 14.8. The molecule has 3 aromatic rings. The summed E-state index contributed by atoms with van der Waals surface area (Å²) in [6.07, 6.45) is -2.39. The van der Waals surface area contributed by atoms with Gasteiger partial charge in [0.05, 0.1) is 29.9 Å². The molecule has 0 saturated carbocycles. The van der Waals surface area contributed by atoms with Crippen molar-refractivity contribution < 1.29 is 22.7 Å². The highest BCUT2D eigenvalue weighted by Gasteiger charge is 2.30. The van der Waals surface area contributed by atoms with Crippen LogP contribution >= 0.6 is 0 Å². The molecule has 2 aliphatic heterocycles. The van der Waals surface area contributed by atoms with Gasteiger partial charge in [-0.15, -0.1) is 0 Å². The van der Waals surface area contributed by atoms with E-state index in [1.54, 1.807) is 12.1 Å². The third-order valence-corrected chi connectivity index (χ3v) is 7.01. The van der Waals surface area contributed by atoms with Crippen molar-refractivity contribution in [1.82, 2.24) is 15.2 Å². The number of ether oxygens (including phenoxy) is 1. The van der Waals surface area contributed by atoms with Gasteiger partial charge in [-0.05, 0) is 42.7 Å². The van der Waals surface area contributed by atoms with Crippen LogP contribution in [0.15, 0.2) is 54.6 Å². The minimum Gasteiger partial charge on any atom is -0.379 e. The number of hydrogen-bond donors (Lipinski definition) is 1. The highest BCUT2D eigenvalue weighted by atomic mass is 19.4. The van der Waals surface area contributed by atoms with Crippen LogP contribution in [0.3, 0.4) is 0 Å². The Kier molecular flexibility index (Phi) is 7.11. The first-order valence-electron chi connectivity index (χ1n) is 12.3. The zero-order valence-electron chi connectivity index (χ0n) is 19.9. The van der Waals surface area contributed by atoms with Crippen molar-refractivity contribution in [3.63, 3.8) is 0 Å². The van der Waals surface area contributed by atoms with Gasteiger partial charge in [-0.3, -0.25) is 9.69 Å². The fourth-order valence-electron chi connectivity index (χ4n) is 5.05. The van der Waals surface area contributed by atoms with Gasteiger partial charge in [0, 0.05) is 44.2 Å². The summed E-state index contributed by atoms with van der Waals surface area (Å²) in [5.41, 5.74) is 0.848. The van der Waals surface area contributed by atoms with Crippen LogP contribution in [0.4, 0.5) is 19.0 Å². The lowest BCUT2D eigenvalue weighted by Gasteiger charge is -2.40. The number of anilines is 1. The van der Waals surface area contributed by atoms with E-state index in [4.69, 9.17) is 9.72 Å². The fourth-order valence-corrected chi connectivity index (χ4v) is 5.05. The number of nitrogens with one attached hydrogen (secondary N) is 1. The van der Waals surface area contributed by atoms with Gasteiger partial charge < -0.3 is 15.0 Å². The van der Waals surface area contributed by atoms with Gasteiger partial charge in [-0.1, -0.05) is 30.3 Å². The Labute approximate surface area is 208 Å². The molecule has 190 valence electrons. The number of halogens is 3. The molecule has 3 heterocycles. The summed E-state index contributed by atoms with van der Waals surface area (Å²) in [5, 5.41) is 3.51. The summed E-state index contributed by atoms with van der Waals surface area (Å²) >= 11 is 0. The van der Waals surface area contributed by atoms with Crippen LogP contribution in [0, 0.1) is 0 Å². The molecule has 0 bridgehead atoms. The number of alkyl halides is 3. The maximum absolute atomic E-state index is 13.2. The lowest BCUT2D eigenvalue weighted by Crippen LogP contribution is -2.49. The van der Waals surface area contributed by atoms with E-state index in [0.29, 0.717) is 22.6 Å². The van der Waals surface area contributed by atoms with Gasteiger partial charge in [0.1, 0.15) is 5.82 Å². The molecule has 2 aliphatic rings. The Balaban J connectivity index is 1.32. The quantitative estimate of drug-likeness (QED) is 0.562. The number of para-hydroxylation sites is 1. The summed E-state index contributed by atoms with van der Waals surface area (Å²) in [5.74, 6) is 0.411. The second kappa shape index (κ2) is 10.4. The maximum Gasteiger partial charge on any atom is 0.416 e. The van der Waals surface area contributed by atoms with E-state index < -0.39 is 11.7 Å². The summed E-state index contributed by atoms with van der Waals surface area (Å²) in [6.45, 7) is 5.19. The summed E-state index contributed by atoms with van der Waals surface area (Å²) < 4.78 is 44.6. The molecule has 0 unspecified atom stereocenters. The molecule has 0 radical (unpaired) electrons. The highest BCUT2D eigenvalue weighted by Crippen LogP contribution is 2.30. The molecule has 2 fully saturated rings. The van der Waals surface area contributed by atoms with E-state index in [-0.39, 0.29) is 12.5 Å². The molecular formula is C27H29F3N4O2. The smallest absolute Gasteiger partial charge is 0.379 e. The number of carbonyl (C=O) groups is 1. The third kappa shape index (κ3) is 5.47. The third-order valence-electron chi connectivity index (χ3n) is 7.01. The monoisotopic (exact) mass is 498 g/mol. The molecule has 0 aliphatic carbocycles. The van der Waals surface area contributed by atoms with E-state index in [1.807, 2.05) is 24.3 Å². The van der Waals surface area contributed by atoms with Gasteiger partial charge in [0.2, 0.25) is 0 Å². The van der Waals surface area contributed by atoms with E-state index in [2.05, 4.69) is 15.1 Å². The molecule has 6 nitrogen and oxygen atoms in total. The molecular weight excluding hydrogens is 469 g/mol. The van der Waals surface area contributed by atoms with E-state index in [9.17, 15) is 18.0 Å². The number of aromatic nitrogens is 1. The lowest BCUT2D eigenvalue weighted by molar-refractivity contribution is -0.137. The summed E-state index contributed by atoms with van der Waals surface area (Å²) in [7, 11) is 0. The van der Waals surface area contributed by atoms with Gasteiger partial charge in [0.25, 0.3) is 5.91 Å². The van der Waals surface area contributed by atoms with E-state index in [0.717, 1.165) is 75.7 Å².